The maximum Gasteiger partial charge on any atom is 0.148 e. The average molecular weight is 437 g/mol. The number of nitrogens with zero attached hydrogens (tertiary/aromatic N) is 6. The van der Waals surface area contributed by atoms with Crippen LogP contribution in [0, 0.1) is 11.3 Å². The molecule has 2 unspecified atom stereocenters. The van der Waals surface area contributed by atoms with E-state index < -0.39 is 0 Å². The van der Waals surface area contributed by atoms with Crippen LogP contribution < -0.4 is 9.80 Å². The highest BCUT2D eigenvalue weighted by atomic mass is 32.1. The Morgan fingerprint density at radius 3 is 2.13 bits per heavy atom. The molecule has 0 aliphatic carbocycles. The summed E-state index contributed by atoms with van der Waals surface area (Å²) in [5, 5.41) is 16.2. The molecule has 8 heteroatoms. The normalized spacial score (nSPS) is 22.1. The third-order valence-corrected chi connectivity index (χ3v) is 7.92. The van der Waals surface area contributed by atoms with Crippen LogP contribution in [-0.4, -0.2) is 41.1 Å². The molecule has 0 spiro atoms. The molecule has 0 radical (unpaired) electrons. The van der Waals surface area contributed by atoms with Crippen molar-refractivity contribution in [3.63, 3.8) is 0 Å². The molecule has 2 saturated heterocycles. The molecular formula is C22H24N6S2. The zero-order valence-electron chi connectivity index (χ0n) is 16.8. The molecule has 2 aliphatic heterocycles. The lowest BCUT2D eigenvalue weighted by Crippen LogP contribution is -2.37. The van der Waals surface area contributed by atoms with Gasteiger partial charge in [-0.15, -0.1) is 22.7 Å². The SMILES string of the molecule is N#Cc1ccc(N2CCCC(c3nccs3)C2)nc1N1CCCC(c2nccs2)C1. The van der Waals surface area contributed by atoms with Crippen LogP contribution in [0.4, 0.5) is 11.6 Å². The number of piperidine rings is 2. The third-order valence-electron chi connectivity index (χ3n) is 6.05. The number of hydrogen-bond acceptors (Lipinski definition) is 8. The van der Waals surface area contributed by atoms with E-state index in [1.54, 1.807) is 22.7 Å². The first kappa shape index (κ1) is 19.5. The van der Waals surface area contributed by atoms with Crippen LogP contribution >= 0.6 is 22.7 Å². The summed E-state index contributed by atoms with van der Waals surface area (Å²) in [5.74, 6) is 2.68. The lowest BCUT2D eigenvalue weighted by atomic mass is 9.98. The fraction of sp³-hybridized carbons (Fsp3) is 0.455. The maximum absolute atomic E-state index is 9.72. The van der Waals surface area contributed by atoms with Gasteiger partial charge in [0.1, 0.15) is 17.7 Å². The Labute approximate surface area is 184 Å². The Hall–Kier alpha value is -2.50. The van der Waals surface area contributed by atoms with Crippen molar-refractivity contribution >= 4 is 34.3 Å². The molecule has 5 rings (SSSR count). The van der Waals surface area contributed by atoms with Crippen molar-refractivity contribution in [2.75, 3.05) is 36.0 Å². The summed E-state index contributed by atoms with van der Waals surface area (Å²) in [6.07, 6.45) is 8.33. The summed E-state index contributed by atoms with van der Waals surface area (Å²) >= 11 is 3.47. The zero-order valence-corrected chi connectivity index (χ0v) is 18.4. The first-order valence-electron chi connectivity index (χ1n) is 10.5. The standard InChI is InChI=1S/C22H24N6S2/c23-13-16-5-6-19(27-9-1-3-17(14-27)21-24-7-11-29-21)26-20(16)28-10-2-4-18(15-28)22-25-8-12-30-22/h5-8,11-12,17-18H,1-4,9-10,14-15H2. The summed E-state index contributed by atoms with van der Waals surface area (Å²) in [4.78, 5) is 18.7. The van der Waals surface area contributed by atoms with Crippen LogP contribution in [-0.2, 0) is 0 Å². The van der Waals surface area contributed by atoms with Gasteiger partial charge in [-0.3, -0.25) is 0 Å². The van der Waals surface area contributed by atoms with E-state index in [1.807, 2.05) is 29.9 Å². The maximum atomic E-state index is 9.72. The molecule has 0 saturated carbocycles. The molecule has 30 heavy (non-hydrogen) atoms. The number of pyridine rings is 1. The molecule has 2 aliphatic rings. The summed E-state index contributed by atoms with van der Waals surface area (Å²) in [5.41, 5.74) is 0.659. The van der Waals surface area contributed by atoms with Crippen LogP contribution in [0.3, 0.4) is 0 Å². The van der Waals surface area contributed by atoms with Gasteiger partial charge in [-0.2, -0.15) is 5.26 Å². The molecule has 5 heterocycles. The van der Waals surface area contributed by atoms with E-state index in [0.29, 0.717) is 17.4 Å². The molecule has 2 fully saturated rings. The number of thiazole rings is 2. The molecule has 6 nitrogen and oxygen atoms in total. The molecule has 3 aromatic rings. The van der Waals surface area contributed by atoms with Crippen molar-refractivity contribution in [2.45, 2.75) is 37.5 Å². The Kier molecular flexibility index (Phi) is 5.65. The van der Waals surface area contributed by atoms with Gasteiger partial charge in [-0.25, -0.2) is 15.0 Å². The Morgan fingerprint density at radius 2 is 1.53 bits per heavy atom. The smallest absolute Gasteiger partial charge is 0.148 e. The van der Waals surface area contributed by atoms with E-state index in [-0.39, 0.29) is 0 Å². The van der Waals surface area contributed by atoms with Crippen molar-refractivity contribution < 1.29 is 0 Å². The van der Waals surface area contributed by atoms with Gasteiger partial charge in [-0.05, 0) is 37.8 Å². The Balaban J connectivity index is 1.39. The van der Waals surface area contributed by atoms with Gasteiger partial charge in [0.2, 0.25) is 0 Å². The van der Waals surface area contributed by atoms with Crippen LogP contribution in [0.15, 0.2) is 35.3 Å². The van der Waals surface area contributed by atoms with E-state index in [0.717, 1.165) is 57.1 Å². The average Bonchev–Trinajstić information content (AvgIpc) is 3.53. The fourth-order valence-electron chi connectivity index (χ4n) is 4.57. The van der Waals surface area contributed by atoms with Crippen molar-refractivity contribution in [3.05, 3.63) is 50.9 Å². The summed E-state index contributed by atoms with van der Waals surface area (Å²) in [6, 6.07) is 6.31. The van der Waals surface area contributed by atoms with E-state index in [2.05, 4.69) is 31.2 Å². The molecule has 2 atom stereocenters. The van der Waals surface area contributed by atoms with Gasteiger partial charge < -0.3 is 9.80 Å². The lowest BCUT2D eigenvalue weighted by Gasteiger charge is -2.35. The molecule has 0 N–H and O–H groups in total. The first-order valence-corrected chi connectivity index (χ1v) is 12.3. The lowest BCUT2D eigenvalue weighted by molar-refractivity contribution is 0.499. The number of aromatic nitrogens is 3. The summed E-state index contributed by atoms with van der Waals surface area (Å²) < 4.78 is 0. The van der Waals surface area contributed by atoms with Gasteiger partial charge in [0.15, 0.2) is 0 Å². The van der Waals surface area contributed by atoms with Crippen LogP contribution in [0.2, 0.25) is 0 Å². The number of hydrogen-bond donors (Lipinski definition) is 0. The monoisotopic (exact) mass is 436 g/mol. The minimum Gasteiger partial charge on any atom is -0.356 e. The topological polar surface area (TPSA) is 68.9 Å². The largest absolute Gasteiger partial charge is 0.356 e. The van der Waals surface area contributed by atoms with Crippen molar-refractivity contribution in [1.29, 1.82) is 5.26 Å². The Bertz CT molecular complexity index is 1010. The van der Waals surface area contributed by atoms with Crippen LogP contribution in [0.5, 0.6) is 0 Å². The van der Waals surface area contributed by atoms with Gasteiger partial charge >= 0.3 is 0 Å². The minimum atomic E-state index is 0.417. The van der Waals surface area contributed by atoms with Gasteiger partial charge in [0, 0.05) is 61.2 Å². The van der Waals surface area contributed by atoms with Gasteiger partial charge in [0.05, 0.1) is 15.6 Å². The summed E-state index contributed by atoms with van der Waals surface area (Å²) in [7, 11) is 0. The predicted molar refractivity (Wildman–Crippen MR) is 122 cm³/mol. The fourth-order valence-corrected chi connectivity index (χ4v) is 6.11. The van der Waals surface area contributed by atoms with Gasteiger partial charge in [-0.1, -0.05) is 0 Å². The second kappa shape index (κ2) is 8.70. The van der Waals surface area contributed by atoms with Crippen LogP contribution in [0.25, 0.3) is 0 Å². The molecule has 0 bridgehead atoms. The second-order valence-electron chi connectivity index (χ2n) is 7.96. The second-order valence-corrected chi connectivity index (χ2v) is 9.82. The quantitative estimate of drug-likeness (QED) is 0.594. The van der Waals surface area contributed by atoms with E-state index in [4.69, 9.17) is 4.98 Å². The van der Waals surface area contributed by atoms with E-state index in [1.165, 1.54) is 16.4 Å². The van der Waals surface area contributed by atoms with Gasteiger partial charge in [0.25, 0.3) is 0 Å². The molecular weight excluding hydrogens is 412 g/mol. The summed E-state index contributed by atoms with van der Waals surface area (Å²) in [6.45, 7) is 3.75. The van der Waals surface area contributed by atoms with E-state index in [9.17, 15) is 5.26 Å². The van der Waals surface area contributed by atoms with Crippen molar-refractivity contribution in [1.82, 2.24) is 15.0 Å². The molecule has 3 aromatic heterocycles. The minimum absolute atomic E-state index is 0.417. The predicted octanol–water partition coefficient (Wildman–Crippen LogP) is 4.63. The molecule has 0 aromatic carbocycles. The highest BCUT2D eigenvalue weighted by molar-refractivity contribution is 7.09. The van der Waals surface area contributed by atoms with Crippen molar-refractivity contribution in [3.8, 4) is 6.07 Å². The number of rotatable bonds is 4. The third kappa shape index (κ3) is 3.92. The number of anilines is 2. The first-order chi connectivity index (χ1) is 14.8. The van der Waals surface area contributed by atoms with Crippen molar-refractivity contribution in [2.24, 2.45) is 0 Å². The molecule has 0 amide bonds. The zero-order chi connectivity index (χ0) is 20.3. The van der Waals surface area contributed by atoms with E-state index >= 15 is 0 Å². The number of nitriles is 1. The van der Waals surface area contributed by atoms with Crippen LogP contribution in [0.1, 0.15) is 53.1 Å². The molecule has 154 valence electrons. The Morgan fingerprint density at radius 1 is 0.900 bits per heavy atom. The highest BCUT2D eigenvalue weighted by Gasteiger charge is 2.28. The highest BCUT2D eigenvalue weighted by Crippen LogP contribution is 2.34.